The quantitative estimate of drug-likeness (QED) is 0.830. The molecule has 1 aliphatic heterocycles. The number of benzene rings is 1. The average molecular weight is 244 g/mol. The van der Waals surface area contributed by atoms with Crippen molar-refractivity contribution in [2.24, 2.45) is 5.41 Å². The highest BCUT2D eigenvalue weighted by atomic mass is 16.2. The van der Waals surface area contributed by atoms with Crippen molar-refractivity contribution in [3.05, 3.63) is 35.4 Å². The minimum atomic E-state index is -0.0729. The molecule has 0 bridgehead atoms. The lowest BCUT2D eigenvalue weighted by Gasteiger charge is -2.25. The van der Waals surface area contributed by atoms with Gasteiger partial charge in [-0.2, -0.15) is 0 Å². The number of nitrogens with one attached hydrogen (secondary N) is 2. The molecule has 1 heterocycles. The van der Waals surface area contributed by atoms with Gasteiger partial charge in [-0.1, -0.05) is 38.1 Å². The fourth-order valence-corrected chi connectivity index (χ4v) is 2.63. The molecule has 0 spiro atoms. The van der Waals surface area contributed by atoms with Gasteiger partial charge in [-0.3, -0.25) is 4.79 Å². The molecule has 1 aliphatic carbocycles. The fraction of sp³-hybridized carbons (Fsp3) is 0.533. The van der Waals surface area contributed by atoms with Gasteiger partial charge in [-0.25, -0.2) is 0 Å². The molecule has 3 heteroatoms. The largest absolute Gasteiger partial charge is 0.351 e. The van der Waals surface area contributed by atoms with Gasteiger partial charge in [0, 0.05) is 12.6 Å². The van der Waals surface area contributed by atoms with E-state index in [9.17, 15) is 4.79 Å². The van der Waals surface area contributed by atoms with Crippen LogP contribution in [0.15, 0.2) is 24.3 Å². The van der Waals surface area contributed by atoms with Crippen LogP contribution >= 0.6 is 0 Å². The maximum Gasteiger partial charge on any atom is 0.237 e. The molecule has 0 radical (unpaired) electrons. The summed E-state index contributed by atoms with van der Waals surface area (Å²) >= 11 is 0. The van der Waals surface area contributed by atoms with E-state index in [0.717, 1.165) is 19.4 Å². The molecule has 1 saturated carbocycles. The molecule has 2 atom stereocenters. The van der Waals surface area contributed by atoms with E-state index < -0.39 is 0 Å². The third kappa shape index (κ3) is 2.15. The normalized spacial score (nSPS) is 28.3. The number of rotatable bonds is 2. The Morgan fingerprint density at radius 3 is 2.67 bits per heavy atom. The minimum Gasteiger partial charge on any atom is -0.351 e. The van der Waals surface area contributed by atoms with Crippen molar-refractivity contribution >= 4 is 5.91 Å². The standard InChI is InChI=1S/C15H20N2O/c1-15(2)8-13(15)17-14(18)12-7-10-5-3-4-6-11(10)9-16-12/h3-6,12-13,16H,7-9H2,1-2H3,(H,17,18). The molecule has 3 nitrogen and oxygen atoms in total. The highest BCUT2D eigenvalue weighted by molar-refractivity contribution is 5.83. The first-order valence-electron chi connectivity index (χ1n) is 6.67. The predicted molar refractivity (Wildman–Crippen MR) is 71.1 cm³/mol. The molecule has 1 aromatic rings. The van der Waals surface area contributed by atoms with Crippen LogP contribution in [0.4, 0.5) is 0 Å². The van der Waals surface area contributed by atoms with Gasteiger partial charge < -0.3 is 10.6 Å². The van der Waals surface area contributed by atoms with Crippen molar-refractivity contribution < 1.29 is 4.79 Å². The van der Waals surface area contributed by atoms with Crippen LogP contribution in [0.25, 0.3) is 0 Å². The van der Waals surface area contributed by atoms with Gasteiger partial charge in [-0.05, 0) is 29.4 Å². The Morgan fingerprint density at radius 2 is 2.00 bits per heavy atom. The molecule has 1 amide bonds. The van der Waals surface area contributed by atoms with Gasteiger partial charge in [0.25, 0.3) is 0 Å². The second kappa shape index (κ2) is 4.09. The summed E-state index contributed by atoms with van der Waals surface area (Å²) in [4.78, 5) is 12.2. The van der Waals surface area contributed by atoms with E-state index >= 15 is 0 Å². The number of amides is 1. The fourth-order valence-electron chi connectivity index (χ4n) is 2.63. The highest BCUT2D eigenvalue weighted by Crippen LogP contribution is 2.44. The Bertz CT molecular complexity index is 481. The van der Waals surface area contributed by atoms with Gasteiger partial charge in [0.2, 0.25) is 5.91 Å². The van der Waals surface area contributed by atoms with Crippen LogP contribution in [-0.2, 0) is 17.8 Å². The van der Waals surface area contributed by atoms with E-state index in [1.165, 1.54) is 11.1 Å². The maximum atomic E-state index is 12.2. The van der Waals surface area contributed by atoms with E-state index in [4.69, 9.17) is 0 Å². The van der Waals surface area contributed by atoms with Gasteiger partial charge in [0.15, 0.2) is 0 Å². The van der Waals surface area contributed by atoms with Gasteiger partial charge in [0.05, 0.1) is 6.04 Å². The average Bonchev–Trinajstić information content (AvgIpc) is 2.95. The maximum absolute atomic E-state index is 12.2. The zero-order chi connectivity index (χ0) is 12.8. The lowest BCUT2D eigenvalue weighted by molar-refractivity contribution is -0.123. The molecule has 18 heavy (non-hydrogen) atoms. The second-order valence-corrected chi connectivity index (χ2v) is 6.16. The van der Waals surface area contributed by atoms with Crippen molar-refractivity contribution in [3.63, 3.8) is 0 Å². The van der Waals surface area contributed by atoms with Crippen LogP contribution in [0, 0.1) is 5.41 Å². The SMILES string of the molecule is CC1(C)CC1NC(=O)C1Cc2ccccc2CN1. The Labute approximate surface area is 108 Å². The number of hydrogen-bond acceptors (Lipinski definition) is 2. The molecule has 0 saturated heterocycles. The number of hydrogen-bond donors (Lipinski definition) is 2. The molecule has 2 N–H and O–H groups in total. The molecule has 1 aromatic carbocycles. The minimum absolute atomic E-state index is 0.0729. The predicted octanol–water partition coefficient (Wildman–Crippen LogP) is 1.62. The van der Waals surface area contributed by atoms with Crippen molar-refractivity contribution in [3.8, 4) is 0 Å². The summed E-state index contributed by atoms with van der Waals surface area (Å²) in [6.07, 6.45) is 1.90. The first-order chi connectivity index (χ1) is 8.56. The van der Waals surface area contributed by atoms with Gasteiger partial charge >= 0.3 is 0 Å². The van der Waals surface area contributed by atoms with Crippen molar-refractivity contribution in [2.75, 3.05) is 0 Å². The van der Waals surface area contributed by atoms with Crippen LogP contribution in [0.1, 0.15) is 31.4 Å². The molecule has 3 rings (SSSR count). The number of carbonyl (C=O) groups excluding carboxylic acids is 1. The van der Waals surface area contributed by atoms with Gasteiger partial charge in [-0.15, -0.1) is 0 Å². The second-order valence-electron chi connectivity index (χ2n) is 6.16. The summed E-state index contributed by atoms with van der Waals surface area (Å²) in [5.74, 6) is 0.153. The molecule has 96 valence electrons. The summed E-state index contributed by atoms with van der Waals surface area (Å²) in [7, 11) is 0. The van der Waals surface area contributed by atoms with Crippen LogP contribution in [-0.4, -0.2) is 18.0 Å². The van der Waals surface area contributed by atoms with Gasteiger partial charge in [0.1, 0.15) is 0 Å². The molecular formula is C15H20N2O. The van der Waals surface area contributed by atoms with Crippen molar-refractivity contribution in [1.29, 1.82) is 0 Å². The van der Waals surface area contributed by atoms with Crippen LogP contribution in [0.2, 0.25) is 0 Å². The third-order valence-corrected chi connectivity index (χ3v) is 4.23. The molecule has 1 fully saturated rings. The molecular weight excluding hydrogens is 224 g/mol. The Balaban J connectivity index is 1.64. The van der Waals surface area contributed by atoms with Crippen molar-refractivity contribution in [2.45, 2.75) is 45.3 Å². The Kier molecular flexibility index (Phi) is 2.67. The monoisotopic (exact) mass is 244 g/mol. The number of fused-ring (bicyclic) bond motifs is 1. The van der Waals surface area contributed by atoms with E-state index in [-0.39, 0.29) is 11.9 Å². The van der Waals surface area contributed by atoms with Crippen LogP contribution in [0.3, 0.4) is 0 Å². The lowest BCUT2D eigenvalue weighted by Crippen LogP contribution is -2.48. The van der Waals surface area contributed by atoms with Crippen molar-refractivity contribution in [1.82, 2.24) is 10.6 Å². The molecule has 2 aliphatic rings. The topological polar surface area (TPSA) is 41.1 Å². The summed E-state index contributed by atoms with van der Waals surface area (Å²) < 4.78 is 0. The van der Waals surface area contributed by atoms with E-state index in [0.29, 0.717) is 11.5 Å². The smallest absolute Gasteiger partial charge is 0.237 e. The van der Waals surface area contributed by atoms with E-state index in [2.05, 4.69) is 36.6 Å². The number of carbonyl (C=O) groups is 1. The van der Waals surface area contributed by atoms with Crippen LogP contribution < -0.4 is 10.6 Å². The van der Waals surface area contributed by atoms with E-state index in [1.54, 1.807) is 0 Å². The lowest BCUT2D eigenvalue weighted by atomic mass is 9.95. The zero-order valence-corrected chi connectivity index (χ0v) is 11.0. The summed E-state index contributed by atoms with van der Waals surface area (Å²) in [5.41, 5.74) is 2.90. The van der Waals surface area contributed by atoms with Crippen LogP contribution in [0.5, 0.6) is 0 Å². The highest BCUT2D eigenvalue weighted by Gasteiger charge is 2.47. The van der Waals surface area contributed by atoms with E-state index in [1.807, 2.05) is 12.1 Å². The molecule has 0 aromatic heterocycles. The zero-order valence-electron chi connectivity index (χ0n) is 11.0. The molecule has 2 unspecified atom stereocenters. The summed E-state index contributed by atoms with van der Waals surface area (Å²) in [6, 6.07) is 8.63. The summed E-state index contributed by atoms with van der Waals surface area (Å²) in [5, 5.41) is 6.47. The first-order valence-corrected chi connectivity index (χ1v) is 6.67. The first kappa shape index (κ1) is 11.7. The third-order valence-electron chi connectivity index (χ3n) is 4.23. The summed E-state index contributed by atoms with van der Waals surface area (Å²) in [6.45, 7) is 5.19. The Morgan fingerprint density at radius 1 is 1.33 bits per heavy atom. The Hall–Kier alpha value is -1.35.